The molecule has 0 aliphatic carbocycles. The highest BCUT2D eigenvalue weighted by atomic mass is 79.9. The third-order valence-corrected chi connectivity index (χ3v) is 4.41. The lowest BCUT2D eigenvalue weighted by Crippen LogP contribution is -2.39. The zero-order valence-electron chi connectivity index (χ0n) is 12.1. The zero-order chi connectivity index (χ0) is 14.4. The van der Waals surface area contributed by atoms with Crippen LogP contribution in [0.4, 0.5) is 0 Å². The summed E-state index contributed by atoms with van der Waals surface area (Å²) in [6, 6.07) is 8.01. The molecule has 0 radical (unpaired) electrons. The number of carbonyl (C=O) groups excluding carboxylic acids is 1. The average Bonchev–Trinajstić information content (AvgIpc) is 2.45. The molecule has 0 atom stereocenters. The third-order valence-electron chi connectivity index (χ3n) is 3.92. The minimum atomic E-state index is 0.240. The van der Waals surface area contributed by atoms with E-state index < -0.39 is 0 Å². The molecule has 2 rings (SSSR count). The maximum atomic E-state index is 12.4. The van der Waals surface area contributed by atoms with Gasteiger partial charge in [0.1, 0.15) is 0 Å². The van der Waals surface area contributed by atoms with Gasteiger partial charge in [0.05, 0.1) is 6.42 Å². The molecule has 1 saturated heterocycles. The molecule has 1 aliphatic heterocycles. The van der Waals surface area contributed by atoms with Crippen LogP contribution in [0.5, 0.6) is 0 Å². The largest absolute Gasteiger partial charge is 0.342 e. The summed E-state index contributed by atoms with van der Waals surface area (Å²) in [5.74, 6) is 0.895. The monoisotopic (exact) mass is 338 g/mol. The lowest BCUT2D eigenvalue weighted by atomic mass is 9.97. The molecule has 1 heterocycles. The predicted octanol–water partition coefficient (Wildman–Crippen LogP) is 2.84. The molecule has 1 N–H and O–H groups in total. The Morgan fingerprint density at radius 1 is 1.40 bits per heavy atom. The van der Waals surface area contributed by atoms with E-state index in [1.807, 2.05) is 29.2 Å². The lowest BCUT2D eigenvalue weighted by molar-refractivity contribution is -0.131. The molecular weight excluding hydrogens is 316 g/mol. The Balaban J connectivity index is 1.91. The van der Waals surface area contributed by atoms with E-state index >= 15 is 0 Å². The number of benzene rings is 1. The minimum absolute atomic E-state index is 0.240. The molecular formula is C16H23BrN2O. The summed E-state index contributed by atoms with van der Waals surface area (Å²) in [7, 11) is 0. The molecule has 0 spiro atoms. The van der Waals surface area contributed by atoms with Crippen LogP contribution in [0.3, 0.4) is 0 Å². The SMILES string of the molecule is CCN(CC1CCNCC1)C(=O)Cc1cccc(Br)c1. The van der Waals surface area contributed by atoms with E-state index in [0.717, 1.165) is 36.2 Å². The fourth-order valence-corrected chi connectivity index (χ4v) is 3.16. The van der Waals surface area contributed by atoms with Gasteiger partial charge < -0.3 is 10.2 Å². The standard InChI is InChI=1S/C16H23BrN2O/c1-2-19(12-13-6-8-18-9-7-13)16(20)11-14-4-3-5-15(17)10-14/h3-5,10,13,18H,2,6-9,11-12H2,1H3. The van der Waals surface area contributed by atoms with Crippen molar-refractivity contribution in [2.75, 3.05) is 26.2 Å². The Bertz CT molecular complexity index is 444. The van der Waals surface area contributed by atoms with E-state index in [9.17, 15) is 4.79 Å². The number of rotatable bonds is 5. The second-order valence-electron chi connectivity index (χ2n) is 5.43. The topological polar surface area (TPSA) is 32.3 Å². The van der Waals surface area contributed by atoms with Crippen molar-refractivity contribution >= 4 is 21.8 Å². The van der Waals surface area contributed by atoms with E-state index in [1.165, 1.54) is 12.8 Å². The Labute approximate surface area is 129 Å². The maximum absolute atomic E-state index is 12.4. The number of hydrogen-bond donors (Lipinski definition) is 1. The second-order valence-corrected chi connectivity index (χ2v) is 6.35. The molecule has 110 valence electrons. The van der Waals surface area contributed by atoms with Gasteiger partial charge in [0.2, 0.25) is 5.91 Å². The van der Waals surface area contributed by atoms with E-state index in [4.69, 9.17) is 0 Å². The van der Waals surface area contributed by atoms with Gasteiger partial charge in [-0.15, -0.1) is 0 Å². The maximum Gasteiger partial charge on any atom is 0.226 e. The number of piperidine rings is 1. The van der Waals surface area contributed by atoms with Crippen LogP contribution in [-0.2, 0) is 11.2 Å². The summed E-state index contributed by atoms with van der Waals surface area (Å²) in [4.78, 5) is 14.4. The smallest absolute Gasteiger partial charge is 0.226 e. The van der Waals surface area contributed by atoms with Gasteiger partial charge in [-0.1, -0.05) is 28.1 Å². The molecule has 1 aliphatic rings. The Hall–Kier alpha value is -0.870. The molecule has 20 heavy (non-hydrogen) atoms. The number of nitrogens with one attached hydrogen (secondary N) is 1. The van der Waals surface area contributed by atoms with Crippen LogP contribution in [0.1, 0.15) is 25.3 Å². The normalized spacial score (nSPS) is 16.1. The molecule has 1 aromatic rings. The van der Waals surface area contributed by atoms with E-state index in [2.05, 4.69) is 28.2 Å². The number of amides is 1. The van der Waals surface area contributed by atoms with Gasteiger partial charge >= 0.3 is 0 Å². The number of carbonyl (C=O) groups is 1. The molecule has 0 saturated carbocycles. The molecule has 1 aromatic carbocycles. The van der Waals surface area contributed by atoms with Crippen molar-refractivity contribution in [2.24, 2.45) is 5.92 Å². The quantitative estimate of drug-likeness (QED) is 0.895. The summed E-state index contributed by atoms with van der Waals surface area (Å²) >= 11 is 3.45. The molecule has 0 bridgehead atoms. The molecule has 3 nitrogen and oxygen atoms in total. The summed E-state index contributed by atoms with van der Waals surface area (Å²) in [5, 5.41) is 3.37. The Kier molecular flexibility index (Phi) is 6.05. The fraction of sp³-hybridized carbons (Fsp3) is 0.562. The van der Waals surface area contributed by atoms with Crippen LogP contribution < -0.4 is 5.32 Å². The Morgan fingerprint density at radius 3 is 2.80 bits per heavy atom. The van der Waals surface area contributed by atoms with Gasteiger partial charge in [-0.2, -0.15) is 0 Å². The number of nitrogens with zero attached hydrogens (tertiary/aromatic N) is 1. The van der Waals surface area contributed by atoms with Crippen LogP contribution in [0, 0.1) is 5.92 Å². The highest BCUT2D eigenvalue weighted by Crippen LogP contribution is 2.16. The van der Waals surface area contributed by atoms with E-state index in [1.54, 1.807) is 0 Å². The van der Waals surface area contributed by atoms with Crippen LogP contribution in [0.2, 0.25) is 0 Å². The fourth-order valence-electron chi connectivity index (χ4n) is 2.72. The van der Waals surface area contributed by atoms with E-state index in [-0.39, 0.29) is 5.91 Å². The first-order valence-corrected chi connectivity index (χ1v) is 8.21. The van der Waals surface area contributed by atoms with Gasteiger partial charge in [-0.05, 0) is 56.5 Å². The first-order valence-electron chi connectivity index (χ1n) is 7.42. The van der Waals surface area contributed by atoms with Crippen LogP contribution in [-0.4, -0.2) is 37.0 Å². The van der Waals surface area contributed by atoms with Gasteiger partial charge in [-0.3, -0.25) is 4.79 Å². The van der Waals surface area contributed by atoms with Gasteiger partial charge in [0.15, 0.2) is 0 Å². The summed E-state index contributed by atoms with van der Waals surface area (Å²) < 4.78 is 1.03. The van der Waals surface area contributed by atoms with Gasteiger partial charge in [-0.25, -0.2) is 0 Å². The van der Waals surface area contributed by atoms with Crippen molar-refractivity contribution in [1.82, 2.24) is 10.2 Å². The number of hydrogen-bond acceptors (Lipinski definition) is 2. The summed E-state index contributed by atoms with van der Waals surface area (Å²) in [5.41, 5.74) is 1.08. The van der Waals surface area contributed by atoms with E-state index in [0.29, 0.717) is 12.3 Å². The van der Waals surface area contributed by atoms with Crippen molar-refractivity contribution in [3.8, 4) is 0 Å². The second kappa shape index (κ2) is 7.79. The van der Waals surface area contributed by atoms with Gasteiger partial charge in [0.25, 0.3) is 0 Å². The van der Waals surface area contributed by atoms with Crippen LogP contribution in [0.15, 0.2) is 28.7 Å². The van der Waals surface area contributed by atoms with Crippen molar-refractivity contribution in [1.29, 1.82) is 0 Å². The molecule has 1 fully saturated rings. The minimum Gasteiger partial charge on any atom is -0.342 e. The highest BCUT2D eigenvalue weighted by molar-refractivity contribution is 9.10. The third kappa shape index (κ3) is 4.60. The predicted molar refractivity (Wildman–Crippen MR) is 85.7 cm³/mol. The lowest BCUT2D eigenvalue weighted by Gasteiger charge is -2.29. The average molecular weight is 339 g/mol. The molecule has 0 unspecified atom stereocenters. The molecule has 4 heteroatoms. The van der Waals surface area contributed by atoms with Crippen LogP contribution in [0.25, 0.3) is 0 Å². The van der Waals surface area contributed by atoms with Crippen molar-refractivity contribution in [2.45, 2.75) is 26.2 Å². The first kappa shape index (κ1) is 15.5. The Morgan fingerprint density at radius 2 is 2.15 bits per heavy atom. The molecule has 0 aromatic heterocycles. The summed E-state index contributed by atoms with van der Waals surface area (Å²) in [6.07, 6.45) is 2.86. The first-order chi connectivity index (χ1) is 9.69. The zero-order valence-corrected chi connectivity index (χ0v) is 13.7. The number of halogens is 1. The summed E-state index contributed by atoms with van der Waals surface area (Å²) in [6.45, 7) is 5.95. The van der Waals surface area contributed by atoms with Gasteiger partial charge in [0, 0.05) is 17.6 Å². The van der Waals surface area contributed by atoms with Crippen molar-refractivity contribution < 1.29 is 4.79 Å². The number of likely N-dealkylation sites (N-methyl/N-ethyl adjacent to an activating group) is 1. The van der Waals surface area contributed by atoms with Crippen molar-refractivity contribution in [3.05, 3.63) is 34.3 Å². The highest BCUT2D eigenvalue weighted by Gasteiger charge is 2.19. The molecule has 1 amide bonds. The van der Waals surface area contributed by atoms with Crippen LogP contribution >= 0.6 is 15.9 Å². The van der Waals surface area contributed by atoms with Crippen molar-refractivity contribution in [3.63, 3.8) is 0 Å².